The predicted octanol–water partition coefficient (Wildman–Crippen LogP) is 13.4. The Labute approximate surface area is 333 Å². The van der Waals surface area contributed by atoms with Gasteiger partial charge in [-0.15, -0.1) is 0 Å². The average Bonchev–Trinajstić information content (AvgIpc) is 3.15. The number of carboxylic acids is 2. The highest BCUT2D eigenvalue weighted by atomic mass is 16.5. The molecule has 8 heteroatoms. The molecular formula is C47H74O8. The molecule has 0 aliphatic carbocycles. The summed E-state index contributed by atoms with van der Waals surface area (Å²) in [6.07, 6.45) is 26.7. The molecule has 0 bridgehead atoms. The molecule has 55 heavy (non-hydrogen) atoms. The van der Waals surface area contributed by atoms with Crippen molar-refractivity contribution in [3.63, 3.8) is 0 Å². The number of aryl methyl sites for hydroxylation is 1. The number of fused-ring (bicyclic) bond motifs is 2. The summed E-state index contributed by atoms with van der Waals surface area (Å²) < 4.78 is 26.1. The molecule has 2 heterocycles. The highest BCUT2D eigenvalue weighted by Gasteiger charge is 2.35. The number of rotatable bonds is 26. The van der Waals surface area contributed by atoms with Crippen molar-refractivity contribution in [1.82, 2.24) is 0 Å². The number of hydrogen-bond acceptors (Lipinski definition) is 6. The predicted molar refractivity (Wildman–Crippen MR) is 222 cm³/mol. The van der Waals surface area contributed by atoms with E-state index >= 15 is 0 Å². The second-order valence-corrected chi connectivity index (χ2v) is 16.4. The van der Waals surface area contributed by atoms with E-state index in [0.29, 0.717) is 30.9 Å². The first-order valence-corrected chi connectivity index (χ1v) is 21.9. The Kier molecular flexibility index (Phi) is 20.9. The van der Waals surface area contributed by atoms with Gasteiger partial charge in [0, 0.05) is 18.4 Å². The van der Waals surface area contributed by atoms with Crippen LogP contribution in [-0.4, -0.2) is 40.0 Å². The first-order chi connectivity index (χ1) is 26.5. The summed E-state index contributed by atoms with van der Waals surface area (Å²) >= 11 is 0. The fraction of sp³-hybridized carbons (Fsp3) is 0.702. The van der Waals surface area contributed by atoms with Gasteiger partial charge in [-0.3, -0.25) is 9.59 Å². The van der Waals surface area contributed by atoms with Crippen LogP contribution < -0.4 is 18.9 Å². The monoisotopic (exact) mass is 767 g/mol. The van der Waals surface area contributed by atoms with E-state index in [9.17, 15) is 9.59 Å². The van der Waals surface area contributed by atoms with Crippen molar-refractivity contribution >= 4 is 11.9 Å². The van der Waals surface area contributed by atoms with Gasteiger partial charge in [0.2, 0.25) is 0 Å². The molecule has 0 amide bonds. The lowest BCUT2D eigenvalue weighted by Crippen LogP contribution is -2.36. The van der Waals surface area contributed by atoms with E-state index in [-0.39, 0.29) is 17.6 Å². The molecule has 0 radical (unpaired) electrons. The molecule has 2 unspecified atom stereocenters. The minimum absolute atomic E-state index is 0.0733. The van der Waals surface area contributed by atoms with Gasteiger partial charge in [0.25, 0.3) is 0 Å². The third-order valence-electron chi connectivity index (χ3n) is 11.1. The molecule has 2 aromatic rings. The van der Waals surface area contributed by atoms with E-state index in [2.05, 4.69) is 39.8 Å². The molecule has 2 aliphatic rings. The first kappa shape index (κ1) is 46.0. The van der Waals surface area contributed by atoms with Crippen LogP contribution in [0.3, 0.4) is 0 Å². The number of aliphatic carboxylic acids is 2. The summed E-state index contributed by atoms with van der Waals surface area (Å²) in [6.45, 7) is 11.3. The fourth-order valence-electron chi connectivity index (χ4n) is 7.60. The lowest BCUT2D eigenvalue weighted by Gasteiger charge is -2.37. The molecule has 0 saturated heterocycles. The van der Waals surface area contributed by atoms with Crippen molar-refractivity contribution in [2.45, 2.75) is 206 Å². The van der Waals surface area contributed by atoms with E-state index in [1.165, 1.54) is 95.5 Å². The van der Waals surface area contributed by atoms with Crippen LogP contribution in [0.25, 0.3) is 0 Å². The van der Waals surface area contributed by atoms with Gasteiger partial charge in [-0.1, -0.05) is 104 Å². The van der Waals surface area contributed by atoms with E-state index < -0.39 is 11.9 Å². The Morgan fingerprint density at radius 1 is 0.636 bits per heavy atom. The molecule has 2 aromatic carbocycles. The zero-order valence-corrected chi connectivity index (χ0v) is 35.1. The standard InChI is InChI=1S/C42H64O6.C5H10O2/c1-5-7-9-11-13-15-17-27-41(3)29-25-33-32-34(21-22-36(33)47-41)46-40-35-26-30-42(4,28-18-16-14-12-10-8-6-2)48-37(35)23-24-38(40)45-31-19-20-39(43)44;1-2-3-4-5(6)7/h21-24,32H,5-20,25-31H2,1-4H3,(H,43,44);2-4H2,1H3,(H,6,7). The average molecular weight is 767 g/mol. The Morgan fingerprint density at radius 3 is 1.71 bits per heavy atom. The zero-order valence-electron chi connectivity index (χ0n) is 35.1. The van der Waals surface area contributed by atoms with Crippen LogP contribution in [0.15, 0.2) is 30.3 Å². The molecule has 310 valence electrons. The maximum Gasteiger partial charge on any atom is 0.303 e. The van der Waals surface area contributed by atoms with Crippen molar-refractivity contribution in [2.75, 3.05) is 6.61 Å². The number of carboxylic acid groups (broad SMARTS) is 2. The maximum atomic E-state index is 11.1. The summed E-state index contributed by atoms with van der Waals surface area (Å²) in [5.74, 6) is 2.39. The van der Waals surface area contributed by atoms with E-state index in [0.717, 1.165) is 74.2 Å². The fourth-order valence-corrected chi connectivity index (χ4v) is 7.60. The second kappa shape index (κ2) is 25.0. The zero-order chi connectivity index (χ0) is 39.9. The number of carbonyl (C=O) groups is 2. The van der Waals surface area contributed by atoms with Gasteiger partial charge in [-0.05, 0) is 114 Å². The van der Waals surface area contributed by atoms with Gasteiger partial charge in [-0.2, -0.15) is 0 Å². The maximum absolute atomic E-state index is 11.1. The third kappa shape index (κ3) is 17.1. The van der Waals surface area contributed by atoms with Crippen LogP contribution in [0.5, 0.6) is 28.7 Å². The molecule has 0 spiro atoms. The van der Waals surface area contributed by atoms with Gasteiger partial charge in [0.1, 0.15) is 28.5 Å². The molecule has 2 atom stereocenters. The summed E-state index contributed by atoms with van der Waals surface area (Å²) in [4.78, 5) is 20.8. The summed E-state index contributed by atoms with van der Waals surface area (Å²) in [6, 6.07) is 10.1. The second-order valence-electron chi connectivity index (χ2n) is 16.4. The highest BCUT2D eigenvalue weighted by Crippen LogP contribution is 2.47. The van der Waals surface area contributed by atoms with Crippen molar-refractivity contribution < 1.29 is 38.7 Å². The van der Waals surface area contributed by atoms with E-state index in [1.54, 1.807) is 0 Å². The number of ether oxygens (including phenoxy) is 4. The number of unbranched alkanes of at least 4 members (excludes halogenated alkanes) is 13. The Morgan fingerprint density at radius 2 is 1.15 bits per heavy atom. The SMILES string of the molecule is CCCCC(=O)O.CCCCCCCCCC1(C)CCc2cc(Oc3c(OCCCC(=O)O)ccc4c3CCC(C)(CCCCCCCCC)O4)ccc2O1. The van der Waals surface area contributed by atoms with E-state index in [1.807, 2.05) is 25.1 Å². The Hall–Kier alpha value is -3.42. The summed E-state index contributed by atoms with van der Waals surface area (Å²) in [5, 5.41) is 17.1. The topological polar surface area (TPSA) is 112 Å². The molecule has 0 fully saturated rings. The molecule has 8 nitrogen and oxygen atoms in total. The number of benzene rings is 2. The highest BCUT2D eigenvalue weighted by molar-refractivity contribution is 5.66. The van der Waals surface area contributed by atoms with Gasteiger partial charge in [-0.25, -0.2) is 0 Å². The summed E-state index contributed by atoms with van der Waals surface area (Å²) in [5.41, 5.74) is 1.89. The van der Waals surface area contributed by atoms with Crippen molar-refractivity contribution in [2.24, 2.45) is 0 Å². The van der Waals surface area contributed by atoms with Crippen LogP contribution in [0.2, 0.25) is 0 Å². The smallest absolute Gasteiger partial charge is 0.303 e. The van der Waals surface area contributed by atoms with Gasteiger partial charge in [0.05, 0.1) is 6.61 Å². The third-order valence-corrected chi connectivity index (χ3v) is 11.1. The van der Waals surface area contributed by atoms with Crippen molar-refractivity contribution in [1.29, 1.82) is 0 Å². The first-order valence-electron chi connectivity index (χ1n) is 21.9. The molecular weight excluding hydrogens is 693 g/mol. The minimum Gasteiger partial charge on any atom is -0.490 e. The van der Waals surface area contributed by atoms with Crippen LogP contribution in [-0.2, 0) is 22.4 Å². The van der Waals surface area contributed by atoms with Crippen molar-refractivity contribution in [3.05, 3.63) is 41.5 Å². The van der Waals surface area contributed by atoms with Crippen LogP contribution >= 0.6 is 0 Å². The largest absolute Gasteiger partial charge is 0.490 e. The van der Waals surface area contributed by atoms with E-state index in [4.69, 9.17) is 29.2 Å². The van der Waals surface area contributed by atoms with Crippen LogP contribution in [0, 0.1) is 0 Å². The quantitative estimate of drug-likeness (QED) is 0.0910. The molecule has 2 N–H and O–H groups in total. The van der Waals surface area contributed by atoms with Gasteiger partial charge in [0.15, 0.2) is 11.5 Å². The Bertz CT molecular complexity index is 1420. The molecule has 0 saturated carbocycles. The lowest BCUT2D eigenvalue weighted by atomic mass is 9.87. The number of hydrogen-bond donors (Lipinski definition) is 2. The van der Waals surface area contributed by atoms with Crippen molar-refractivity contribution in [3.8, 4) is 28.7 Å². The van der Waals surface area contributed by atoms with Crippen LogP contribution in [0.4, 0.5) is 0 Å². The normalized spacial score (nSPS) is 18.5. The van der Waals surface area contributed by atoms with Gasteiger partial charge >= 0.3 is 11.9 Å². The molecule has 4 rings (SSSR count). The van der Waals surface area contributed by atoms with Gasteiger partial charge < -0.3 is 29.2 Å². The minimum atomic E-state index is -0.816. The Balaban J connectivity index is 0.00000106. The lowest BCUT2D eigenvalue weighted by molar-refractivity contribution is -0.138. The summed E-state index contributed by atoms with van der Waals surface area (Å²) in [7, 11) is 0. The van der Waals surface area contributed by atoms with Crippen LogP contribution in [0.1, 0.15) is 193 Å². The molecule has 2 aliphatic heterocycles. The molecule has 0 aromatic heterocycles.